The molecule has 2 N–H and O–H groups in total. The number of thioether (sulfide) groups is 1. The largest absolute Gasteiger partial charge is 0.338 e. The van der Waals surface area contributed by atoms with E-state index in [1.807, 2.05) is 35.7 Å². The van der Waals surface area contributed by atoms with Crippen molar-refractivity contribution in [2.45, 2.75) is 0 Å². The van der Waals surface area contributed by atoms with Crippen LogP contribution in [0.1, 0.15) is 5.82 Å². The third-order valence-electron chi connectivity index (χ3n) is 1.78. The van der Waals surface area contributed by atoms with Crippen molar-refractivity contribution in [3.8, 4) is 0 Å². The average molecular weight is 203 g/mol. The van der Waals surface area contributed by atoms with Gasteiger partial charge in [-0.15, -0.1) is 0 Å². The zero-order valence-corrected chi connectivity index (χ0v) is 8.21. The Balaban J connectivity index is 2.31. The third-order valence-corrected chi connectivity index (χ3v) is 2.21. The van der Waals surface area contributed by atoms with Crippen LogP contribution in [0.4, 0.5) is 0 Å². The number of fused-ring (bicyclic) bond motifs is 1. The second-order valence-corrected chi connectivity index (χ2v) is 3.48. The van der Waals surface area contributed by atoms with Crippen molar-refractivity contribution in [3.63, 3.8) is 0 Å². The summed E-state index contributed by atoms with van der Waals surface area (Å²) >= 11 is 1.31. The van der Waals surface area contributed by atoms with E-state index in [2.05, 4.69) is 9.97 Å². The third kappa shape index (κ3) is 1.85. The first kappa shape index (κ1) is 9.02. The molecule has 3 nitrogen and oxygen atoms in total. The number of aromatic amines is 1. The van der Waals surface area contributed by atoms with Gasteiger partial charge in [-0.25, -0.2) is 4.98 Å². The molecular formula is C10H9N3S. The summed E-state index contributed by atoms with van der Waals surface area (Å²) < 4.78 is 0. The number of nitrogens with zero attached hydrogens (tertiary/aromatic N) is 1. The standard InChI is InChI=1S/C10H9N3S/c11-7-14-6-5-10-12-8-3-1-2-4-9(8)13-10/h1-7,11H,(H,12,13)/b6-5+,11-7?. The van der Waals surface area contributed by atoms with Crippen molar-refractivity contribution in [2.75, 3.05) is 0 Å². The van der Waals surface area contributed by atoms with E-state index in [0.717, 1.165) is 16.9 Å². The molecule has 0 amide bonds. The van der Waals surface area contributed by atoms with Crippen LogP contribution >= 0.6 is 11.8 Å². The van der Waals surface area contributed by atoms with Crippen molar-refractivity contribution < 1.29 is 0 Å². The highest BCUT2D eigenvalue weighted by atomic mass is 32.2. The van der Waals surface area contributed by atoms with Crippen LogP contribution in [0.2, 0.25) is 0 Å². The molecule has 70 valence electrons. The number of H-pyrrole nitrogens is 1. The number of aromatic nitrogens is 2. The molecule has 0 atom stereocenters. The maximum atomic E-state index is 6.83. The minimum atomic E-state index is 0.820. The summed E-state index contributed by atoms with van der Waals surface area (Å²) in [5, 5.41) is 8.66. The van der Waals surface area contributed by atoms with Gasteiger partial charge in [0.1, 0.15) is 5.82 Å². The Bertz CT molecular complexity index is 440. The van der Waals surface area contributed by atoms with Gasteiger partial charge in [0.2, 0.25) is 0 Å². The second-order valence-electron chi connectivity index (χ2n) is 2.70. The first-order chi connectivity index (χ1) is 6.90. The Morgan fingerprint density at radius 2 is 2.21 bits per heavy atom. The zero-order chi connectivity index (χ0) is 9.80. The molecule has 0 saturated heterocycles. The maximum Gasteiger partial charge on any atom is 0.131 e. The maximum absolute atomic E-state index is 6.83. The van der Waals surface area contributed by atoms with Crippen LogP contribution in [-0.2, 0) is 0 Å². The summed E-state index contributed by atoms with van der Waals surface area (Å²) in [5.41, 5.74) is 3.28. The quantitative estimate of drug-likeness (QED) is 0.595. The predicted octanol–water partition coefficient (Wildman–Crippen LogP) is 2.87. The minimum Gasteiger partial charge on any atom is -0.338 e. The van der Waals surface area contributed by atoms with Gasteiger partial charge < -0.3 is 10.4 Å². The lowest BCUT2D eigenvalue weighted by Crippen LogP contribution is -1.71. The molecule has 0 aliphatic carbocycles. The molecule has 0 radical (unpaired) electrons. The Morgan fingerprint density at radius 1 is 1.36 bits per heavy atom. The molecule has 2 aromatic rings. The van der Waals surface area contributed by atoms with E-state index in [1.165, 1.54) is 17.3 Å². The molecule has 0 aliphatic rings. The summed E-state index contributed by atoms with van der Waals surface area (Å²) in [6, 6.07) is 7.89. The number of hydrogen-bond donors (Lipinski definition) is 2. The van der Waals surface area contributed by atoms with E-state index in [4.69, 9.17) is 5.41 Å². The topological polar surface area (TPSA) is 52.5 Å². The van der Waals surface area contributed by atoms with Gasteiger partial charge >= 0.3 is 0 Å². The number of rotatable bonds is 3. The van der Waals surface area contributed by atoms with Gasteiger partial charge in [-0.1, -0.05) is 23.9 Å². The number of benzene rings is 1. The van der Waals surface area contributed by atoms with Crippen molar-refractivity contribution >= 4 is 34.4 Å². The van der Waals surface area contributed by atoms with Crippen molar-refractivity contribution in [1.29, 1.82) is 5.41 Å². The first-order valence-electron chi connectivity index (χ1n) is 4.16. The Labute approximate surface area is 85.8 Å². The molecule has 0 bridgehead atoms. The Morgan fingerprint density at radius 3 is 3.00 bits per heavy atom. The molecule has 1 heterocycles. The highest BCUT2D eigenvalue weighted by Crippen LogP contribution is 2.11. The number of nitrogens with one attached hydrogen (secondary N) is 2. The molecule has 1 aromatic heterocycles. The van der Waals surface area contributed by atoms with Crippen molar-refractivity contribution in [3.05, 3.63) is 35.5 Å². The van der Waals surface area contributed by atoms with E-state index >= 15 is 0 Å². The molecule has 1 aromatic carbocycles. The highest BCUT2D eigenvalue weighted by Gasteiger charge is 1.96. The fourth-order valence-corrected chi connectivity index (χ4v) is 1.48. The van der Waals surface area contributed by atoms with Crippen molar-refractivity contribution in [1.82, 2.24) is 9.97 Å². The molecular weight excluding hydrogens is 194 g/mol. The van der Waals surface area contributed by atoms with Gasteiger partial charge in [-0.3, -0.25) is 0 Å². The van der Waals surface area contributed by atoms with E-state index in [1.54, 1.807) is 0 Å². The van der Waals surface area contributed by atoms with Gasteiger partial charge in [0.15, 0.2) is 0 Å². The second kappa shape index (κ2) is 4.11. The van der Waals surface area contributed by atoms with E-state index < -0.39 is 0 Å². The summed E-state index contributed by atoms with van der Waals surface area (Å²) in [5.74, 6) is 0.820. The molecule has 0 unspecified atom stereocenters. The van der Waals surface area contributed by atoms with Crippen LogP contribution < -0.4 is 0 Å². The normalized spacial score (nSPS) is 11.1. The van der Waals surface area contributed by atoms with Gasteiger partial charge in [0, 0.05) is 0 Å². The number of hydrogen-bond acceptors (Lipinski definition) is 3. The van der Waals surface area contributed by atoms with E-state index in [9.17, 15) is 0 Å². The SMILES string of the molecule is N=CS/C=C/c1nc2ccccc2[nH]1. The van der Waals surface area contributed by atoms with Crippen LogP contribution in [0.15, 0.2) is 29.7 Å². The fraction of sp³-hybridized carbons (Fsp3) is 0. The summed E-state index contributed by atoms with van der Waals surface area (Å²) in [4.78, 5) is 7.52. The van der Waals surface area contributed by atoms with Crippen LogP contribution in [0.25, 0.3) is 17.1 Å². The monoisotopic (exact) mass is 203 g/mol. The van der Waals surface area contributed by atoms with Gasteiger partial charge in [0.05, 0.1) is 16.6 Å². The van der Waals surface area contributed by atoms with E-state index in [-0.39, 0.29) is 0 Å². The predicted molar refractivity (Wildman–Crippen MR) is 61.5 cm³/mol. The number of para-hydroxylation sites is 2. The van der Waals surface area contributed by atoms with Crippen LogP contribution in [0.5, 0.6) is 0 Å². The van der Waals surface area contributed by atoms with Crippen LogP contribution in [0, 0.1) is 5.41 Å². The lowest BCUT2D eigenvalue weighted by molar-refractivity contribution is 1.29. The molecule has 2 rings (SSSR count). The smallest absolute Gasteiger partial charge is 0.131 e. The minimum absolute atomic E-state index is 0.820. The fourth-order valence-electron chi connectivity index (χ4n) is 1.19. The average Bonchev–Trinajstić information content (AvgIpc) is 2.60. The van der Waals surface area contributed by atoms with Gasteiger partial charge in [-0.05, 0) is 23.6 Å². The van der Waals surface area contributed by atoms with Gasteiger partial charge in [-0.2, -0.15) is 0 Å². The summed E-state index contributed by atoms with van der Waals surface area (Å²) in [6.45, 7) is 0. The van der Waals surface area contributed by atoms with Crippen molar-refractivity contribution in [2.24, 2.45) is 0 Å². The zero-order valence-electron chi connectivity index (χ0n) is 7.40. The lowest BCUT2D eigenvalue weighted by atomic mass is 10.3. The molecule has 0 saturated carbocycles. The molecule has 14 heavy (non-hydrogen) atoms. The molecule has 4 heteroatoms. The van der Waals surface area contributed by atoms with Crippen LogP contribution in [-0.4, -0.2) is 15.5 Å². The summed E-state index contributed by atoms with van der Waals surface area (Å²) in [6.07, 6.45) is 1.86. The van der Waals surface area contributed by atoms with E-state index in [0.29, 0.717) is 0 Å². The Hall–Kier alpha value is -1.55. The molecule has 0 aliphatic heterocycles. The molecule has 0 spiro atoms. The summed E-state index contributed by atoms with van der Waals surface area (Å²) in [7, 11) is 0. The first-order valence-corrected chi connectivity index (χ1v) is 5.10. The lowest BCUT2D eigenvalue weighted by Gasteiger charge is -1.81. The van der Waals surface area contributed by atoms with Gasteiger partial charge in [0.25, 0.3) is 0 Å². The molecule has 0 fully saturated rings. The Kier molecular flexibility index (Phi) is 2.65. The number of imidazole rings is 1. The highest BCUT2D eigenvalue weighted by molar-refractivity contribution is 8.14. The van der Waals surface area contributed by atoms with Crippen LogP contribution in [0.3, 0.4) is 0 Å².